The summed E-state index contributed by atoms with van der Waals surface area (Å²) in [6, 6.07) is 2.16. The summed E-state index contributed by atoms with van der Waals surface area (Å²) >= 11 is 0. The quantitative estimate of drug-likeness (QED) is 0.807. The van der Waals surface area contributed by atoms with Crippen LogP contribution in [0.15, 0.2) is 24.7 Å². The molecule has 0 radical (unpaired) electrons. The van der Waals surface area contributed by atoms with Crippen LogP contribution in [0.2, 0.25) is 0 Å². The third-order valence-electron chi connectivity index (χ3n) is 2.37. The summed E-state index contributed by atoms with van der Waals surface area (Å²) in [7, 11) is 0. The average molecular weight is 217 g/mol. The number of H-pyrrole nitrogens is 1. The maximum atomic E-state index is 4.20. The van der Waals surface area contributed by atoms with E-state index >= 15 is 0 Å². The zero-order valence-corrected chi connectivity index (χ0v) is 9.44. The number of pyridine rings is 1. The van der Waals surface area contributed by atoms with E-state index in [1.165, 1.54) is 0 Å². The molecule has 5 nitrogen and oxygen atoms in total. The van der Waals surface area contributed by atoms with Gasteiger partial charge in [-0.25, -0.2) is 0 Å². The van der Waals surface area contributed by atoms with Gasteiger partial charge in [0.25, 0.3) is 0 Å². The smallest absolute Gasteiger partial charge is 0.104 e. The monoisotopic (exact) mass is 217 g/mol. The van der Waals surface area contributed by atoms with Gasteiger partial charge < -0.3 is 5.32 Å². The number of aromatic amines is 1. The lowest BCUT2D eigenvalue weighted by Gasteiger charge is -2.15. The van der Waals surface area contributed by atoms with E-state index in [1.54, 1.807) is 6.20 Å². The number of hydrogen-bond donors (Lipinski definition) is 2. The Balaban J connectivity index is 2.33. The lowest BCUT2D eigenvalue weighted by Crippen LogP contribution is -2.22. The molecule has 5 heteroatoms. The fraction of sp³-hybridized carbons (Fsp3) is 0.364. The lowest BCUT2D eigenvalue weighted by atomic mass is 10.1. The molecule has 0 saturated heterocycles. The molecule has 1 unspecified atom stereocenters. The van der Waals surface area contributed by atoms with Crippen LogP contribution in [-0.4, -0.2) is 26.9 Å². The van der Waals surface area contributed by atoms with Gasteiger partial charge in [-0.2, -0.15) is 15.4 Å². The van der Waals surface area contributed by atoms with Gasteiger partial charge in [-0.1, -0.05) is 13.0 Å². The van der Waals surface area contributed by atoms with Crippen molar-refractivity contribution < 1.29 is 0 Å². The van der Waals surface area contributed by atoms with Crippen molar-refractivity contribution in [3.05, 3.63) is 41.5 Å². The molecule has 0 bridgehead atoms. The number of aryl methyl sites for hydroxylation is 1. The molecule has 0 spiro atoms. The van der Waals surface area contributed by atoms with E-state index in [-0.39, 0.29) is 6.04 Å². The van der Waals surface area contributed by atoms with Crippen LogP contribution in [-0.2, 0) is 0 Å². The van der Waals surface area contributed by atoms with Gasteiger partial charge in [-0.3, -0.25) is 4.98 Å². The van der Waals surface area contributed by atoms with E-state index in [9.17, 15) is 0 Å². The highest BCUT2D eigenvalue weighted by molar-refractivity contribution is 5.26. The fourth-order valence-corrected chi connectivity index (χ4v) is 1.68. The van der Waals surface area contributed by atoms with Crippen LogP contribution in [0.1, 0.15) is 29.8 Å². The number of aromatic nitrogens is 4. The molecule has 0 aliphatic rings. The molecule has 0 aromatic carbocycles. The first-order valence-corrected chi connectivity index (χ1v) is 5.32. The van der Waals surface area contributed by atoms with E-state index in [4.69, 9.17) is 0 Å². The molecule has 2 rings (SSSR count). The highest BCUT2D eigenvalue weighted by atomic mass is 15.3. The Morgan fingerprint density at radius 3 is 2.88 bits per heavy atom. The minimum absolute atomic E-state index is 0.0520. The Bertz CT molecular complexity index is 437. The minimum atomic E-state index is 0.0520. The number of hydrogen-bond acceptors (Lipinski definition) is 4. The van der Waals surface area contributed by atoms with Crippen LogP contribution in [0.25, 0.3) is 0 Å². The van der Waals surface area contributed by atoms with Crippen molar-refractivity contribution in [3.8, 4) is 0 Å². The molecule has 0 fully saturated rings. The van der Waals surface area contributed by atoms with Gasteiger partial charge in [-0.05, 0) is 24.6 Å². The second-order valence-electron chi connectivity index (χ2n) is 3.68. The second kappa shape index (κ2) is 4.85. The molecule has 0 aliphatic carbocycles. The first-order chi connectivity index (χ1) is 7.81. The maximum absolute atomic E-state index is 4.20. The van der Waals surface area contributed by atoms with Crippen molar-refractivity contribution >= 4 is 0 Å². The number of nitrogens with zero attached hydrogens (tertiary/aromatic N) is 3. The molecular weight excluding hydrogens is 202 g/mol. The van der Waals surface area contributed by atoms with Crippen LogP contribution in [0, 0.1) is 6.92 Å². The van der Waals surface area contributed by atoms with E-state index in [0.29, 0.717) is 0 Å². The first kappa shape index (κ1) is 10.8. The minimum Gasteiger partial charge on any atom is -0.305 e. The van der Waals surface area contributed by atoms with Crippen LogP contribution in [0.5, 0.6) is 0 Å². The topological polar surface area (TPSA) is 66.5 Å². The molecule has 1 atom stereocenters. The van der Waals surface area contributed by atoms with Gasteiger partial charge in [0, 0.05) is 12.4 Å². The zero-order valence-electron chi connectivity index (χ0n) is 9.44. The average Bonchev–Trinajstić information content (AvgIpc) is 2.79. The maximum Gasteiger partial charge on any atom is 0.104 e. The van der Waals surface area contributed by atoms with E-state index < -0.39 is 0 Å². The predicted molar refractivity (Wildman–Crippen MR) is 60.9 cm³/mol. The summed E-state index contributed by atoms with van der Waals surface area (Å²) in [6.45, 7) is 4.96. The van der Waals surface area contributed by atoms with Crippen LogP contribution < -0.4 is 5.32 Å². The molecule has 16 heavy (non-hydrogen) atoms. The van der Waals surface area contributed by atoms with Crippen molar-refractivity contribution in [1.82, 2.24) is 25.7 Å². The molecule has 0 aliphatic heterocycles. The van der Waals surface area contributed by atoms with Crippen molar-refractivity contribution in [1.29, 1.82) is 0 Å². The van der Waals surface area contributed by atoms with E-state index in [1.807, 2.05) is 19.3 Å². The van der Waals surface area contributed by atoms with Crippen molar-refractivity contribution in [2.45, 2.75) is 19.9 Å². The largest absolute Gasteiger partial charge is 0.305 e. The molecule has 0 amide bonds. The van der Waals surface area contributed by atoms with Gasteiger partial charge in [0.15, 0.2) is 0 Å². The standard InChI is InChI=1S/C11H15N5/c1-3-13-11(10-7-14-16-15-10)9-4-8(2)5-12-6-9/h4-7,11,13H,3H2,1-2H3,(H,14,15,16). The summed E-state index contributed by atoms with van der Waals surface area (Å²) in [5.74, 6) is 0. The summed E-state index contributed by atoms with van der Waals surface area (Å²) in [5.41, 5.74) is 3.13. The highest BCUT2D eigenvalue weighted by Gasteiger charge is 2.15. The van der Waals surface area contributed by atoms with E-state index in [2.05, 4.69) is 38.7 Å². The highest BCUT2D eigenvalue weighted by Crippen LogP contribution is 2.19. The van der Waals surface area contributed by atoms with Gasteiger partial charge >= 0.3 is 0 Å². The SMILES string of the molecule is CCNC(c1cncc(C)c1)c1cn[nH]n1. The summed E-state index contributed by atoms with van der Waals surface area (Å²) < 4.78 is 0. The summed E-state index contributed by atoms with van der Waals surface area (Å²) in [5, 5.41) is 14.0. The summed E-state index contributed by atoms with van der Waals surface area (Å²) in [6.07, 6.45) is 5.43. The number of rotatable bonds is 4. The Morgan fingerprint density at radius 2 is 2.25 bits per heavy atom. The van der Waals surface area contributed by atoms with E-state index in [0.717, 1.165) is 23.4 Å². The van der Waals surface area contributed by atoms with Gasteiger partial charge in [0.05, 0.1) is 12.2 Å². The second-order valence-corrected chi connectivity index (χ2v) is 3.68. The van der Waals surface area contributed by atoms with Crippen LogP contribution >= 0.6 is 0 Å². The molecular formula is C11H15N5. The predicted octanol–water partition coefficient (Wildman–Crippen LogP) is 1.21. The molecule has 2 aromatic heterocycles. The zero-order chi connectivity index (χ0) is 11.4. The van der Waals surface area contributed by atoms with Crippen molar-refractivity contribution in [2.24, 2.45) is 0 Å². The van der Waals surface area contributed by atoms with Crippen molar-refractivity contribution in [3.63, 3.8) is 0 Å². The Labute approximate surface area is 94.3 Å². The number of nitrogens with one attached hydrogen (secondary N) is 2. The molecule has 2 N–H and O–H groups in total. The van der Waals surface area contributed by atoms with Crippen LogP contribution in [0.3, 0.4) is 0 Å². The molecule has 2 heterocycles. The Kier molecular flexibility index (Phi) is 3.26. The van der Waals surface area contributed by atoms with Crippen LogP contribution in [0.4, 0.5) is 0 Å². The Hall–Kier alpha value is -1.75. The van der Waals surface area contributed by atoms with Gasteiger partial charge in [0.2, 0.25) is 0 Å². The molecule has 84 valence electrons. The van der Waals surface area contributed by atoms with Gasteiger partial charge in [-0.15, -0.1) is 0 Å². The third-order valence-corrected chi connectivity index (χ3v) is 2.37. The molecule has 0 saturated carbocycles. The normalized spacial score (nSPS) is 12.6. The summed E-state index contributed by atoms with van der Waals surface area (Å²) in [4.78, 5) is 4.20. The van der Waals surface area contributed by atoms with Crippen molar-refractivity contribution in [2.75, 3.05) is 6.54 Å². The lowest BCUT2D eigenvalue weighted by molar-refractivity contribution is 0.611. The van der Waals surface area contributed by atoms with Gasteiger partial charge in [0.1, 0.15) is 5.69 Å². The fourth-order valence-electron chi connectivity index (χ4n) is 1.68. The third kappa shape index (κ3) is 2.25. The Morgan fingerprint density at radius 1 is 1.38 bits per heavy atom. The molecule has 2 aromatic rings. The first-order valence-electron chi connectivity index (χ1n) is 5.32.